The van der Waals surface area contributed by atoms with Crippen molar-refractivity contribution in [2.75, 3.05) is 4.93 Å². The fraction of sp³-hybridized carbons (Fsp3) is 0.0625. The summed E-state index contributed by atoms with van der Waals surface area (Å²) in [5, 5.41) is 35.1. The number of carbonyl (C=O) groups excluding carboxylic acids is 1. The van der Waals surface area contributed by atoms with Crippen LogP contribution in [-0.2, 0) is 24.0 Å². The van der Waals surface area contributed by atoms with E-state index >= 15 is 0 Å². The summed E-state index contributed by atoms with van der Waals surface area (Å²) in [6.45, 7) is 1.97. The molecule has 0 saturated heterocycles. The van der Waals surface area contributed by atoms with Crippen molar-refractivity contribution in [1.29, 1.82) is 0 Å². The Morgan fingerprint density at radius 1 is 0.688 bits per heavy atom. The van der Waals surface area contributed by atoms with Crippen LogP contribution in [0.1, 0.15) is 16.7 Å². The molecule has 0 aliphatic rings. The molecule has 0 atom stereocenters. The molecular formula is C32H30BrI6O7V2. The Morgan fingerprint density at radius 2 is 1.02 bits per heavy atom. The Hall–Kier alpha value is 0.729. The quantitative estimate of drug-likeness (QED) is 0.0516. The van der Waals surface area contributed by atoms with Gasteiger partial charge in [0.1, 0.15) is 23.0 Å². The summed E-state index contributed by atoms with van der Waals surface area (Å²) in [6, 6.07) is 26.9. The molecule has 0 unspecified atom stereocenters. The molecule has 0 radical (unpaired) electrons. The van der Waals surface area contributed by atoms with Gasteiger partial charge in [-0.1, -0.05) is 80.5 Å². The van der Waals surface area contributed by atoms with Crippen molar-refractivity contribution in [3.8, 4) is 23.0 Å². The van der Waals surface area contributed by atoms with Gasteiger partial charge in [-0.25, -0.2) is 9.59 Å². The molecule has 0 fully saturated rings. The van der Waals surface area contributed by atoms with Gasteiger partial charge in [-0.05, 0) is 95.8 Å². The SMILES string of the molecule is CI.Cc1ccc(OC(=O)/C=C/c2ccc(O)cc2)cc1.O=C(O)/C=C/c1ccc(O)cc1.Oc1ccc(Br)cc1.[I][V]([I])[I].[I][V][I]. The molecule has 0 aliphatic heterocycles. The van der Waals surface area contributed by atoms with Gasteiger partial charge in [0.05, 0.1) is 0 Å². The maximum absolute atomic E-state index is 11.6. The number of benzene rings is 4. The molecule has 4 N–H and O–H groups in total. The van der Waals surface area contributed by atoms with E-state index in [9.17, 15) is 9.59 Å². The number of aryl methyl sites for hydroxylation is 1. The van der Waals surface area contributed by atoms with Crippen LogP contribution in [0.2, 0.25) is 0 Å². The van der Waals surface area contributed by atoms with Gasteiger partial charge >= 0.3 is 126 Å². The second kappa shape index (κ2) is 33.6. The summed E-state index contributed by atoms with van der Waals surface area (Å²) in [4.78, 5) is 23.4. The van der Waals surface area contributed by atoms with Crippen molar-refractivity contribution in [3.05, 3.63) is 130 Å². The number of carboxylic acids is 1. The van der Waals surface area contributed by atoms with E-state index < -0.39 is 11.9 Å². The zero-order chi connectivity index (χ0) is 36.9. The molecule has 0 heterocycles. The number of carboxylic acid groups (broad SMARTS) is 1. The molecule has 4 rings (SSSR count). The van der Waals surface area contributed by atoms with Crippen molar-refractivity contribution in [2.24, 2.45) is 0 Å². The van der Waals surface area contributed by atoms with Gasteiger partial charge in [0.2, 0.25) is 0 Å². The van der Waals surface area contributed by atoms with Crippen LogP contribution in [0.4, 0.5) is 0 Å². The number of hydrogen-bond donors (Lipinski definition) is 4. The van der Waals surface area contributed by atoms with Gasteiger partial charge in [0.15, 0.2) is 0 Å². The molecule has 0 amide bonds. The molecule has 48 heavy (non-hydrogen) atoms. The third kappa shape index (κ3) is 32.6. The summed E-state index contributed by atoms with van der Waals surface area (Å²) in [5.74, 6) is -0.235. The number of alkyl halides is 1. The second-order valence-corrected chi connectivity index (χ2v) is 56.2. The molecule has 0 bridgehead atoms. The first-order valence-electron chi connectivity index (χ1n) is 12.7. The third-order valence-electron chi connectivity index (χ3n) is 4.68. The predicted octanol–water partition coefficient (Wildman–Crippen LogP) is 12.4. The van der Waals surface area contributed by atoms with Crippen molar-refractivity contribution in [3.63, 3.8) is 0 Å². The third-order valence-corrected chi connectivity index (χ3v) is 5.21. The standard InChI is InChI=1S/C16H14O3.C9H8O3.C6H5BrO.CH3I.5HI.2V/c1-12-2-9-15(10-3-12)19-16(18)11-6-13-4-7-14(17)8-5-13;10-8-4-1-7(2-5-8)3-6-9(11)12;7-5-1-3-6(8)4-2-5;1-2;;;;;;;/h2-11,17H,1H3;1-6,10H,(H,11,12);1-4,8H;1H3;5*1H;;/q;;;;;;;;;+2;+3/p-5/b11-6+;6-3+;;;;;;;;;. The molecule has 4 aromatic carbocycles. The van der Waals surface area contributed by atoms with Crippen LogP contribution in [0.5, 0.6) is 23.0 Å². The number of carbonyl (C=O) groups is 2. The molecule has 7 nitrogen and oxygen atoms in total. The minimum absolute atomic E-state index is 0.169. The second-order valence-electron chi connectivity index (χ2n) is 8.15. The number of ether oxygens (including phenoxy) is 1. The van der Waals surface area contributed by atoms with E-state index in [0.717, 1.165) is 27.2 Å². The van der Waals surface area contributed by atoms with Crippen LogP contribution in [-0.4, -0.2) is 37.3 Å². The van der Waals surface area contributed by atoms with E-state index in [1.165, 1.54) is 24.3 Å². The number of rotatable bonds is 5. The van der Waals surface area contributed by atoms with Crippen LogP contribution in [0.15, 0.2) is 114 Å². The van der Waals surface area contributed by atoms with Gasteiger partial charge in [0, 0.05) is 16.6 Å². The summed E-state index contributed by atoms with van der Waals surface area (Å²) >= 11 is 17.5. The van der Waals surface area contributed by atoms with E-state index in [1.54, 1.807) is 78.9 Å². The molecule has 0 spiro atoms. The monoisotopic (exact) mass is 1470 g/mol. The number of aliphatic carboxylic acids is 1. The molecule has 0 aliphatic carbocycles. The van der Waals surface area contributed by atoms with E-state index in [-0.39, 0.29) is 16.4 Å². The van der Waals surface area contributed by atoms with Crippen LogP contribution < -0.4 is 4.74 Å². The summed E-state index contributed by atoms with van der Waals surface area (Å²) in [5.41, 5.74) is 2.67. The maximum atomic E-state index is 11.6. The van der Waals surface area contributed by atoms with Gasteiger partial charge < -0.3 is 25.2 Å². The Morgan fingerprint density at radius 3 is 1.35 bits per heavy atom. The number of phenols is 3. The predicted molar refractivity (Wildman–Crippen MR) is 245 cm³/mol. The fourth-order valence-corrected chi connectivity index (χ4v) is 2.96. The molecule has 4 aromatic rings. The number of hydrogen-bond acceptors (Lipinski definition) is 6. The average Bonchev–Trinajstić information content (AvgIpc) is 3.05. The number of aromatic hydroxyl groups is 3. The zero-order valence-electron chi connectivity index (χ0n) is 25.1. The average molecular weight is 1470 g/mol. The van der Waals surface area contributed by atoms with E-state index in [4.69, 9.17) is 25.2 Å². The Bertz CT molecular complexity index is 1450. The summed E-state index contributed by atoms with van der Waals surface area (Å²) < 4.78 is 6.12. The first-order valence-corrected chi connectivity index (χ1v) is 38.2. The van der Waals surface area contributed by atoms with Gasteiger partial charge in [-0.15, -0.1) is 0 Å². The normalized spacial score (nSPS) is 9.46. The minimum atomic E-state index is -0.983. The van der Waals surface area contributed by atoms with Crippen molar-refractivity contribution in [2.45, 2.75) is 6.92 Å². The van der Waals surface area contributed by atoms with Crippen molar-refractivity contribution < 1.29 is 49.1 Å². The Labute approximate surface area is 370 Å². The zero-order valence-corrected chi connectivity index (χ0v) is 42.4. The summed E-state index contributed by atoms with van der Waals surface area (Å²) in [6.07, 6.45) is 5.50. The van der Waals surface area contributed by atoms with Gasteiger partial charge in [-0.3, -0.25) is 0 Å². The van der Waals surface area contributed by atoms with E-state index in [0.29, 0.717) is 21.0 Å². The van der Waals surface area contributed by atoms with Crippen molar-refractivity contribution in [1.82, 2.24) is 0 Å². The first-order chi connectivity index (χ1) is 22.7. The molecule has 0 saturated carbocycles. The molecule has 0 aromatic heterocycles. The van der Waals surface area contributed by atoms with Crippen LogP contribution in [0, 0.1) is 6.92 Å². The van der Waals surface area contributed by atoms with Gasteiger partial charge in [-0.2, -0.15) is 0 Å². The first kappa shape index (κ1) is 50.8. The fourth-order valence-electron chi connectivity index (χ4n) is 2.70. The Balaban J connectivity index is 0. The molecule has 259 valence electrons. The molecule has 16 heteroatoms. The topological polar surface area (TPSA) is 124 Å². The van der Waals surface area contributed by atoms with Gasteiger partial charge in [0.25, 0.3) is 0 Å². The van der Waals surface area contributed by atoms with Crippen LogP contribution in [0.3, 0.4) is 0 Å². The van der Waals surface area contributed by atoms with Crippen LogP contribution >= 0.6 is 138 Å². The van der Waals surface area contributed by atoms with Crippen LogP contribution in [0.25, 0.3) is 12.2 Å². The number of esters is 1. The Kier molecular flexibility index (Phi) is 35.5. The number of halogens is 7. The van der Waals surface area contributed by atoms with E-state index in [1.807, 2.05) is 24.0 Å². The molecular weight excluding hydrogens is 1440 g/mol. The van der Waals surface area contributed by atoms with Crippen molar-refractivity contribution >= 4 is 163 Å². The summed E-state index contributed by atoms with van der Waals surface area (Å²) in [7, 11) is 0.628. The van der Waals surface area contributed by atoms with E-state index in [2.05, 4.69) is 138 Å². The number of phenolic OH excluding ortho intramolecular Hbond substituents is 3.